The molecule has 2 heterocycles. The molecule has 0 aliphatic carbocycles. The van der Waals surface area contributed by atoms with Crippen LogP contribution in [0.2, 0.25) is 0 Å². The molecule has 0 bridgehead atoms. The van der Waals surface area contributed by atoms with Crippen molar-refractivity contribution in [1.29, 1.82) is 0 Å². The van der Waals surface area contributed by atoms with Crippen molar-refractivity contribution in [2.75, 3.05) is 19.6 Å². The van der Waals surface area contributed by atoms with Gasteiger partial charge in [0.15, 0.2) is 0 Å². The number of amides is 2. The van der Waals surface area contributed by atoms with E-state index in [0.717, 1.165) is 12.8 Å². The van der Waals surface area contributed by atoms with Crippen molar-refractivity contribution >= 4 is 12.0 Å². The molecule has 2 N–H and O–H groups in total. The molecular formula is C12H20N2O4. The van der Waals surface area contributed by atoms with Gasteiger partial charge in [-0.25, -0.2) is 9.59 Å². The Morgan fingerprint density at radius 2 is 2.06 bits per heavy atom. The van der Waals surface area contributed by atoms with E-state index < -0.39 is 18.1 Å². The Bertz CT molecular complexity index is 347. The van der Waals surface area contributed by atoms with Gasteiger partial charge in [-0.05, 0) is 12.3 Å². The van der Waals surface area contributed by atoms with Gasteiger partial charge >= 0.3 is 12.0 Å². The zero-order valence-corrected chi connectivity index (χ0v) is 10.6. The monoisotopic (exact) mass is 256 g/mol. The highest BCUT2D eigenvalue weighted by Crippen LogP contribution is 2.24. The van der Waals surface area contributed by atoms with Gasteiger partial charge in [0.05, 0.1) is 6.10 Å². The summed E-state index contributed by atoms with van der Waals surface area (Å²) in [5.41, 5.74) is 0. The number of nitrogens with zero attached hydrogens (tertiary/aromatic N) is 2. The third-order valence-corrected chi connectivity index (χ3v) is 3.94. The van der Waals surface area contributed by atoms with Gasteiger partial charge in [0.25, 0.3) is 0 Å². The minimum Gasteiger partial charge on any atom is -0.480 e. The van der Waals surface area contributed by atoms with E-state index in [1.807, 2.05) is 0 Å². The Labute approximate surface area is 106 Å². The quantitative estimate of drug-likeness (QED) is 0.747. The first kappa shape index (κ1) is 13.1. The number of urea groups is 1. The van der Waals surface area contributed by atoms with E-state index in [9.17, 15) is 14.7 Å². The topological polar surface area (TPSA) is 81.1 Å². The lowest BCUT2D eigenvalue weighted by Gasteiger charge is -2.27. The number of carbonyl (C=O) groups is 2. The maximum absolute atomic E-state index is 12.2. The molecule has 0 aromatic rings. The predicted molar refractivity (Wildman–Crippen MR) is 64.1 cm³/mol. The van der Waals surface area contributed by atoms with Crippen LogP contribution >= 0.6 is 0 Å². The summed E-state index contributed by atoms with van der Waals surface area (Å²) in [6.45, 7) is 3.62. The SMILES string of the molecule is CCC1CCN(C(=O)N2C[C@H](O)C[C@@H]2C(=O)O)C1. The first-order chi connectivity index (χ1) is 8.52. The number of carboxylic acid groups (broad SMARTS) is 1. The van der Waals surface area contributed by atoms with Gasteiger partial charge in [-0.2, -0.15) is 0 Å². The molecule has 0 aromatic carbocycles. The standard InChI is InChI=1S/C12H20N2O4/c1-2-8-3-4-13(6-8)12(18)14-7-9(15)5-10(14)11(16)17/h8-10,15H,2-7H2,1H3,(H,16,17)/t8?,9-,10-/m1/s1. The van der Waals surface area contributed by atoms with Gasteiger partial charge in [0.1, 0.15) is 6.04 Å². The minimum atomic E-state index is -1.04. The molecule has 0 saturated carbocycles. The van der Waals surface area contributed by atoms with Crippen LogP contribution in [0.1, 0.15) is 26.2 Å². The summed E-state index contributed by atoms with van der Waals surface area (Å²) in [6, 6.07) is -1.12. The molecule has 0 spiro atoms. The number of carbonyl (C=O) groups excluding carboxylic acids is 1. The highest BCUT2D eigenvalue weighted by atomic mass is 16.4. The molecule has 0 radical (unpaired) electrons. The Kier molecular flexibility index (Phi) is 3.75. The van der Waals surface area contributed by atoms with Crippen molar-refractivity contribution in [3.05, 3.63) is 0 Å². The first-order valence-electron chi connectivity index (χ1n) is 6.49. The van der Waals surface area contributed by atoms with E-state index in [1.54, 1.807) is 4.90 Å². The fraction of sp³-hybridized carbons (Fsp3) is 0.833. The largest absolute Gasteiger partial charge is 0.480 e. The summed E-state index contributed by atoms with van der Waals surface area (Å²) in [5.74, 6) is -0.518. The average Bonchev–Trinajstić information content (AvgIpc) is 2.94. The second-order valence-corrected chi connectivity index (χ2v) is 5.19. The van der Waals surface area contributed by atoms with Crippen LogP contribution in [-0.2, 0) is 4.79 Å². The molecule has 2 amide bonds. The molecule has 6 heteroatoms. The lowest BCUT2D eigenvalue weighted by Crippen LogP contribution is -2.47. The van der Waals surface area contributed by atoms with E-state index in [1.165, 1.54) is 4.90 Å². The van der Waals surface area contributed by atoms with Crippen LogP contribution in [-0.4, -0.2) is 63.8 Å². The lowest BCUT2D eigenvalue weighted by molar-refractivity contribution is -0.141. The fourth-order valence-corrected chi connectivity index (χ4v) is 2.78. The summed E-state index contributed by atoms with van der Waals surface area (Å²) < 4.78 is 0. The number of hydrogen-bond donors (Lipinski definition) is 2. The highest BCUT2D eigenvalue weighted by molar-refractivity contribution is 5.83. The van der Waals surface area contributed by atoms with Crippen LogP contribution < -0.4 is 0 Å². The number of carboxylic acids is 1. The molecule has 2 aliphatic rings. The number of likely N-dealkylation sites (tertiary alicyclic amines) is 2. The molecule has 2 fully saturated rings. The average molecular weight is 256 g/mol. The maximum atomic E-state index is 12.2. The van der Waals surface area contributed by atoms with Crippen molar-refractivity contribution in [2.24, 2.45) is 5.92 Å². The fourth-order valence-electron chi connectivity index (χ4n) is 2.78. The second kappa shape index (κ2) is 5.14. The van der Waals surface area contributed by atoms with Crippen LogP contribution in [0.3, 0.4) is 0 Å². The predicted octanol–water partition coefficient (Wildman–Crippen LogP) is 0.358. The molecule has 6 nitrogen and oxygen atoms in total. The van der Waals surface area contributed by atoms with E-state index in [-0.39, 0.29) is 19.0 Å². The summed E-state index contributed by atoms with van der Waals surface area (Å²) in [4.78, 5) is 26.3. The van der Waals surface area contributed by atoms with Crippen LogP contribution in [0.15, 0.2) is 0 Å². The Morgan fingerprint density at radius 1 is 1.33 bits per heavy atom. The first-order valence-corrected chi connectivity index (χ1v) is 6.49. The number of aliphatic carboxylic acids is 1. The molecule has 2 rings (SSSR count). The Balaban J connectivity index is 2.02. The third-order valence-electron chi connectivity index (χ3n) is 3.94. The molecule has 2 aliphatic heterocycles. The highest BCUT2D eigenvalue weighted by Gasteiger charge is 2.41. The molecular weight excluding hydrogens is 236 g/mol. The number of β-amino-alcohol motifs (C(OH)–C–C–N with tert-alkyl or cyclic N) is 1. The van der Waals surface area contributed by atoms with Crippen molar-refractivity contribution in [2.45, 2.75) is 38.3 Å². The summed E-state index contributed by atoms with van der Waals surface area (Å²) in [6.07, 6.45) is 1.43. The van der Waals surface area contributed by atoms with Gasteiger partial charge in [0.2, 0.25) is 0 Å². The van der Waals surface area contributed by atoms with E-state index in [0.29, 0.717) is 19.0 Å². The zero-order valence-electron chi connectivity index (χ0n) is 10.6. The van der Waals surface area contributed by atoms with Crippen molar-refractivity contribution in [3.63, 3.8) is 0 Å². The molecule has 102 valence electrons. The zero-order chi connectivity index (χ0) is 13.3. The van der Waals surface area contributed by atoms with Gasteiger partial charge in [-0.3, -0.25) is 0 Å². The van der Waals surface area contributed by atoms with Gasteiger partial charge in [-0.15, -0.1) is 0 Å². The number of rotatable bonds is 2. The van der Waals surface area contributed by atoms with Crippen LogP contribution in [0, 0.1) is 5.92 Å². The summed E-state index contributed by atoms with van der Waals surface area (Å²) in [5, 5.41) is 18.6. The Morgan fingerprint density at radius 3 is 2.61 bits per heavy atom. The van der Waals surface area contributed by atoms with Gasteiger partial charge in [0, 0.05) is 26.1 Å². The van der Waals surface area contributed by atoms with Crippen molar-refractivity contribution in [1.82, 2.24) is 9.80 Å². The number of aliphatic hydroxyl groups excluding tert-OH is 1. The normalized spacial score (nSPS) is 32.0. The third kappa shape index (κ3) is 2.43. The van der Waals surface area contributed by atoms with Gasteiger partial charge < -0.3 is 20.0 Å². The van der Waals surface area contributed by atoms with Crippen LogP contribution in [0.25, 0.3) is 0 Å². The smallest absolute Gasteiger partial charge is 0.326 e. The molecule has 3 atom stereocenters. The van der Waals surface area contributed by atoms with Crippen molar-refractivity contribution in [3.8, 4) is 0 Å². The molecule has 1 unspecified atom stereocenters. The van der Waals surface area contributed by atoms with Crippen LogP contribution in [0.4, 0.5) is 4.79 Å². The van der Waals surface area contributed by atoms with Crippen LogP contribution in [0.5, 0.6) is 0 Å². The maximum Gasteiger partial charge on any atom is 0.326 e. The molecule has 18 heavy (non-hydrogen) atoms. The second-order valence-electron chi connectivity index (χ2n) is 5.19. The van der Waals surface area contributed by atoms with Gasteiger partial charge in [-0.1, -0.05) is 13.3 Å². The number of aliphatic hydroxyl groups is 1. The molecule has 2 saturated heterocycles. The van der Waals surface area contributed by atoms with Crippen molar-refractivity contribution < 1.29 is 19.8 Å². The lowest BCUT2D eigenvalue weighted by atomic mass is 10.1. The summed E-state index contributed by atoms with van der Waals surface area (Å²) >= 11 is 0. The van der Waals surface area contributed by atoms with E-state index in [4.69, 9.17) is 5.11 Å². The Hall–Kier alpha value is -1.30. The minimum absolute atomic E-state index is 0.128. The number of hydrogen-bond acceptors (Lipinski definition) is 3. The van der Waals surface area contributed by atoms with E-state index >= 15 is 0 Å². The van der Waals surface area contributed by atoms with E-state index in [2.05, 4.69) is 6.92 Å². The summed E-state index contributed by atoms with van der Waals surface area (Å²) in [7, 11) is 0. The molecule has 0 aromatic heterocycles.